The van der Waals surface area contributed by atoms with Crippen LogP contribution in [0, 0.1) is 5.92 Å². The highest BCUT2D eigenvalue weighted by Gasteiger charge is 2.25. The molecule has 0 spiro atoms. The van der Waals surface area contributed by atoms with Crippen LogP contribution in [0.2, 0.25) is 0 Å². The van der Waals surface area contributed by atoms with Crippen LogP contribution in [0.4, 0.5) is 0 Å². The molecule has 1 heterocycles. The van der Waals surface area contributed by atoms with Gasteiger partial charge >= 0.3 is 0 Å². The standard InChI is InChI=1S/C12H21ClN2O2S/c1-5-10-12(18(13,16)17)11(6-2)15(14-10)8-7-9(3)4/h9H,5-8H2,1-4H3. The Morgan fingerprint density at radius 3 is 2.28 bits per heavy atom. The molecule has 104 valence electrons. The van der Waals surface area contributed by atoms with Crippen LogP contribution in [0.1, 0.15) is 45.5 Å². The van der Waals surface area contributed by atoms with Gasteiger partial charge in [0.05, 0.1) is 11.4 Å². The lowest BCUT2D eigenvalue weighted by Gasteiger charge is -2.08. The first-order chi connectivity index (χ1) is 8.31. The number of rotatable bonds is 6. The lowest BCUT2D eigenvalue weighted by molar-refractivity contribution is 0.473. The Morgan fingerprint density at radius 1 is 1.28 bits per heavy atom. The molecule has 0 radical (unpaired) electrons. The Balaban J connectivity index is 3.25. The van der Waals surface area contributed by atoms with Gasteiger partial charge in [-0.1, -0.05) is 27.7 Å². The van der Waals surface area contributed by atoms with Gasteiger partial charge in [-0.25, -0.2) is 8.42 Å². The van der Waals surface area contributed by atoms with E-state index in [0.29, 0.717) is 24.5 Å². The highest BCUT2D eigenvalue weighted by Crippen LogP contribution is 2.25. The van der Waals surface area contributed by atoms with E-state index in [1.54, 1.807) is 4.68 Å². The lowest BCUT2D eigenvalue weighted by atomic mass is 10.1. The second-order valence-corrected chi connectivity index (χ2v) is 7.28. The Kier molecular flexibility index (Phi) is 5.22. The fourth-order valence-electron chi connectivity index (χ4n) is 1.96. The van der Waals surface area contributed by atoms with Crippen LogP contribution >= 0.6 is 10.7 Å². The average molecular weight is 293 g/mol. The number of halogens is 1. The van der Waals surface area contributed by atoms with Crippen LogP contribution in [-0.2, 0) is 28.4 Å². The summed E-state index contributed by atoms with van der Waals surface area (Å²) in [5.74, 6) is 0.556. The summed E-state index contributed by atoms with van der Waals surface area (Å²) in [6.45, 7) is 8.82. The maximum Gasteiger partial charge on any atom is 0.264 e. The zero-order valence-electron chi connectivity index (χ0n) is 11.4. The van der Waals surface area contributed by atoms with Crippen LogP contribution in [0.3, 0.4) is 0 Å². The van der Waals surface area contributed by atoms with Crippen molar-refractivity contribution >= 4 is 19.7 Å². The SMILES string of the molecule is CCc1nn(CCC(C)C)c(CC)c1S(=O)(=O)Cl. The first-order valence-corrected chi connectivity index (χ1v) is 8.65. The summed E-state index contributed by atoms with van der Waals surface area (Å²) in [7, 11) is 1.80. The van der Waals surface area contributed by atoms with E-state index in [1.165, 1.54) is 0 Å². The molecule has 1 aromatic heterocycles. The summed E-state index contributed by atoms with van der Waals surface area (Å²) < 4.78 is 25.1. The van der Waals surface area contributed by atoms with Crippen molar-refractivity contribution in [2.75, 3.05) is 0 Å². The fourth-order valence-corrected chi connectivity index (χ4v) is 3.49. The van der Waals surface area contributed by atoms with E-state index in [4.69, 9.17) is 10.7 Å². The van der Waals surface area contributed by atoms with E-state index in [1.807, 2.05) is 13.8 Å². The molecule has 0 aliphatic carbocycles. The zero-order chi connectivity index (χ0) is 13.9. The highest BCUT2D eigenvalue weighted by atomic mass is 35.7. The molecule has 0 atom stereocenters. The van der Waals surface area contributed by atoms with Gasteiger partial charge in [-0.3, -0.25) is 4.68 Å². The number of nitrogens with zero attached hydrogens (tertiary/aromatic N) is 2. The van der Waals surface area contributed by atoms with Gasteiger partial charge in [0.15, 0.2) is 0 Å². The molecule has 1 aromatic rings. The third-order valence-electron chi connectivity index (χ3n) is 2.91. The minimum absolute atomic E-state index is 0.220. The molecule has 0 N–H and O–H groups in total. The molecule has 0 unspecified atom stereocenters. The molecule has 0 aliphatic rings. The molecule has 0 fully saturated rings. The second kappa shape index (κ2) is 6.06. The summed E-state index contributed by atoms with van der Waals surface area (Å²) in [6, 6.07) is 0. The Morgan fingerprint density at radius 2 is 1.89 bits per heavy atom. The molecule has 0 saturated carbocycles. The van der Waals surface area contributed by atoms with E-state index in [9.17, 15) is 8.42 Å². The third kappa shape index (κ3) is 3.48. The first-order valence-electron chi connectivity index (χ1n) is 6.34. The van der Waals surface area contributed by atoms with Gasteiger partial charge in [0, 0.05) is 17.2 Å². The lowest BCUT2D eigenvalue weighted by Crippen LogP contribution is -2.08. The van der Waals surface area contributed by atoms with Crippen molar-refractivity contribution in [3.05, 3.63) is 11.4 Å². The summed E-state index contributed by atoms with van der Waals surface area (Å²) in [4.78, 5) is 0.220. The first kappa shape index (κ1) is 15.5. The van der Waals surface area contributed by atoms with Crippen molar-refractivity contribution in [3.63, 3.8) is 0 Å². The maximum atomic E-state index is 11.7. The molecule has 0 amide bonds. The van der Waals surface area contributed by atoms with E-state index < -0.39 is 9.05 Å². The van der Waals surface area contributed by atoms with E-state index >= 15 is 0 Å². The molecule has 18 heavy (non-hydrogen) atoms. The number of aryl methyl sites for hydroxylation is 2. The molecular weight excluding hydrogens is 272 g/mol. The molecule has 0 saturated heterocycles. The van der Waals surface area contributed by atoms with Crippen molar-refractivity contribution < 1.29 is 8.42 Å². The van der Waals surface area contributed by atoms with Crippen LogP contribution in [-0.4, -0.2) is 18.2 Å². The second-order valence-electron chi connectivity index (χ2n) is 4.77. The van der Waals surface area contributed by atoms with Gasteiger partial charge in [-0.05, 0) is 25.2 Å². The highest BCUT2D eigenvalue weighted by molar-refractivity contribution is 8.13. The van der Waals surface area contributed by atoms with Gasteiger partial charge in [-0.15, -0.1) is 0 Å². The summed E-state index contributed by atoms with van der Waals surface area (Å²) in [5, 5.41) is 4.39. The van der Waals surface area contributed by atoms with E-state index in [0.717, 1.165) is 18.7 Å². The quantitative estimate of drug-likeness (QED) is 0.758. The molecule has 4 nitrogen and oxygen atoms in total. The van der Waals surface area contributed by atoms with Crippen molar-refractivity contribution in [1.82, 2.24) is 9.78 Å². The normalized spacial score (nSPS) is 12.3. The van der Waals surface area contributed by atoms with E-state index in [-0.39, 0.29) is 4.90 Å². The molecule has 0 bridgehead atoms. The Hall–Kier alpha value is -0.550. The number of hydrogen-bond donors (Lipinski definition) is 0. The van der Waals surface area contributed by atoms with E-state index in [2.05, 4.69) is 18.9 Å². The van der Waals surface area contributed by atoms with Crippen molar-refractivity contribution in [3.8, 4) is 0 Å². The summed E-state index contributed by atoms with van der Waals surface area (Å²) >= 11 is 0. The van der Waals surface area contributed by atoms with Crippen LogP contribution in [0.15, 0.2) is 4.90 Å². The average Bonchev–Trinajstić information content (AvgIpc) is 2.63. The molecular formula is C12H21ClN2O2S. The molecule has 0 aliphatic heterocycles. The zero-order valence-corrected chi connectivity index (χ0v) is 13.0. The number of aromatic nitrogens is 2. The Bertz CT molecular complexity index is 506. The number of hydrogen-bond acceptors (Lipinski definition) is 3. The predicted molar refractivity (Wildman–Crippen MR) is 73.5 cm³/mol. The van der Waals surface area contributed by atoms with Gasteiger partial charge in [-0.2, -0.15) is 5.10 Å². The fraction of sp³-hybridized carbons (Fsp3) is 0.750. The molecule has 6 heteroatoms. The van der Waals surface area contributed by atoms with Gasteiger partial charge in [0.1, 0.15) is 4.90 Å². The Labute approximate surface area is 114 Å². The molecule has 0 aromatic carbocycles. The predicted octanol–water partition coefficient (Wildman–Crippen LogP) is 2.98. The van der Waals surface area contributed by atoms with Crippen molar-refractivity contribution in [2.45, 2.75) is 58.4 Å². The summed E-state index contributed by atoms with van der Waals surface area (Å²) in [5.41, 5.74) is 1.30. The van der Waals surface area contributed by atoms with Crippen molar-refractivity contribution in [1.29, 1.82) is 0 Å². The molecule has 1 rings (SSSR count). The minimum Gasteiger partial charge on any atom is -0.268 e. The largest absolute Gasteiger partial charge is 0.268 e. The van der Waals surface area contributed by atoms with Crippen LogP contribution < -0.4 is 0 Å². The third-order valence-corrected chi connectivity index (χ3v) is 4.33. The minimum atomic E-state index is -3.72. The van der Waals surface area contributed by atoms with Gasteiger partial charge in [0.25, 0.3) is 9.05 Å². The smallest absolute Gasteiger partial charge is 0.264 e. The van der Waals surface area contributed by atoms with Crippen LogP contribution in [0.5, 0.6) is 0 Å². The monoisotopic (exact) mass is 292 g/mol. The van der Waals surface area contributed by atoms with Crippen molar-refractivity contribution in [2.24, 2.45) is 5.92 Å². The van der Waals surface area contributed by atoms with Gasteiger partial charge in [0.2, 0.25) is 0 Å². The van der Waals surface area contributed by atoms with Gasteiger partial charge < -0.3 is 0 Å². The summed E-state index contributed by atoms with van der Waals surface area (Å²) in [6.07, 6.45) is 2.16. The maximum absolute atomic E-state index is 11.7. The van der Waals surface area contributed by atoms with Crippen LogP contribution in [0.25, 0.3) is 0 Å². The topological polar surface area (TPSA) is 52.0 Å².